The molecule has 2 aromatic rings. The van der Waals surface area contributed by atoms with Crippen molar-refractivity contribution in [3.05, 3.63) is 45.4 Å². The van der Waals surface area contributed by atoms with Crippen LogP contribution in [0, 0.1) is 6.92 Å². The van der Waals surface area contributed by atoms with Crippen molar-refractivity contribution in [2.45, 2.75) is 26.7 Å². The highest BCUT2D eigenvalue weighted by Crippen LogP contribution is 2.20. The molecule has 0 aliphatic carbocycles. The Kier molecular flexibility index (Phi) is 6.24. The lowest BCUT2D eigenvalue weighted by molar-refractivity contribution is -0.137. The van der Waals surface area contributed by atoms with Crippen LogP contribution >= 0.6 is 11.3 Å². The van der Waals surface area contributed by atoms with Gasteiger partial charge >= 0.3 is 5.97 Å². The summed E-state index contributed by atoms with van der Waals surface area (Å²) in [6.45, 7) is 3.40. The summed E-state index contributed by atoms with van der Waals surface area (Å²) in [5.74, 6) is -1.66. The van der Waals surface area contributed by atoms with E-state index in [0.29, 0.717) is 16.3 Å². The smallest absolute Gasteiger partial charge is 0.322 e. The maximum absolute atomic E-state index is 12.3. The number of carbonyl (C=O) groups is 3. The zero-order valence-corrected chi connectivity index (χ0v) is 14.8. The van der Waals surface area contributed by atoms with Crippen LogP contribution < -0.4 is 10.6 Å². The van der Waals surface area contributed by atoms with Crippen LogP contribution in [0.15, 0.2) is 24.3 Å². The summed E-state index contributed by atoms with van der Waals surface area (Å²) in [4.78, 5) is 39.2. The summed E-state index contributed by atoms with van der Waals surface area (Å²) in [6.07, 6.45) is 0.868. The van der Waals surface area contributed by atoms with Crippen molar-refractivity contribution in [2.75, 3.05) is 11.9 Å². The number of rotatable bonds is 7. The zero-order valence-electron chi connectivity index (χ0n) is 14.0. The molecule has 2 rings (SSSR count). The normalized spacial score (nSPS) is 10.3. The monoisotopic (exact) mass is 361 g/mol. The fraction of sp³-hybridized carbons (Fsp3) is 0.294. The maximum Gasteiger partial charge on any atom is 0.322 e. The van der Waals surface area contributed by atoms with Crippen LogP contribution in [0.2, 0.25) is 0 Å². The van der Waals surface area contributed by atoms with Crippen molar-refractivity contribution in [2.24, 2.45) is 0 Å². The van der Waals surface area contributed by atoms with Crippen LogP contribution in [0.3, 0.4) is 0 Å². The van der Waals surface area contributed by atoms with E-state index < -0.39 is 12.5 Å². The molecule has 3 N–H and O–H groups in total. The number of amides is 2. The Morgan fingerprint density at radius 1 is 1.20 bits per heavy atom. The van der Waals surface area contributed by atoms with Gasteiger partial charge in [-0.05, 0) is 31.0 Å². The number of hydrogen-bond donors (Lipinski definition) is 3. The Labute approximate surface area is 149 Å². The Bertz CT molecular complexity index is 784. The number of hydrogen-bond acceptors (Lipinski definition) is 5. The highest BCUT2D eigenvalue weighted by atomic mass is 32.1. The van der Waals surface area contributed by atoms with E-state index in [-0.39, 0.29) is 18.2 Å². The van der Waals surface area contributed by atoms with Crippen LogP contribution in [0.5, 0.6) is 0 Å². The number of nitrogens with zero attached hydrogens (tertiary/aromatic N) is 1. The summed E-state index contributed by atoms with van der Waals surface area (Å²) in [7, 11) is 0. The van der Waals surface area contributed by atoms with Gasteiger partial charge in [0.05, 0.1) is 17.1 Å². The predicted molar refractivity (Wildman–Crippen MR) is 95.0 cm³/mol. The van der Waals surface area contributed by atoms with Gasteiger partial charge in [0.25, 0.3) is 5.91 Å². The number of aryl methyl sites for hydroxylation is 2. The van der Waals surface area contributed by atoms with Gasteiger partial charge in [-0.15, -0.1) is 11.3 Å². The third kappa shape index (κ3) is 5.39. The molecule has 0 radical (unpaired) electrons. The predicted octanol–water partition coefficient (Wildman–Crippen LogP) is 2.01. The number of anilines is 1. The van der Waals surface area contributed by atoms with Gasteiger partial charge in [-0.2, -0.15) is 0 Å². The number of aliphatic carboxylic acids is 1. The molecule has 0 atom stereocenters. The number of carboxylic acids is 1. The largest absolute Gasteiger partial charge is 0.480 e. The molecule has 1 aromatic carbocycles. The van der Waals surface area contributed by atoms with E-state index in [1.807, 2.05) is 13.8 Å². The summed E-state index contributed by atoms with van der Waals surface area (Å²) >= 11 is 1.38. The molecule has 0 spiro atoms. The Morgan fingerprint density at radius 2 is 1.88 bits per heavy atom. The van der Waals surface area contributed by atoms with Crippen molar-refractivity contribution in [3.8, 4) is 0 Å². The molecule has 0 bridgehead atoms. The fourth-order valence-electron chi connectivity index (χ4n) is 2.13. The van der Waals surface area contributed by atoms with Crippen molar-refractivity contribution in [1.29, 1.82) is 0 Å². The molecule has 1 aromatic heterocycles. The number of nitrogens with one attached hydrogen (secondary N) is 2. The SMILES string of the molecule is CCc1nc(C)c(C(=O)Nc2ccc(CC(=O)NCC(=O)O)cc2)s1. The third-order valence-corrected chi connectivity index (χ3v) is 4.66. The molecule has 2 amide bonds. The molecule has 0 saturated carbocycles. The molecule has 0 saturated heterocycles. The first kappa shape index (κ1) is 18.6. The van der Waals surface area contributed by atoms with Gasteiger partial charge in [0.1, 0.15) is 11.4 Å². The topological polar surface area (TPSA) is 108 Å². The summed E-state index contributed by atoms with van der Waals surface area (Å²) < 4.78 is 0. The molecule has 0 unspecified atom stereocenters. The average Bonchev–Trinajstić information content (AvgIpc) is 2.96. The average molecular weight is 361 g/mol. The van der Waals surface area contributed by atoms with Gasteiger partial charge < -0.3 is 15.7 Å². The van der Waals surface area contributed by atoms with Crippen molar-refractivity contribution < 1.29 is 19.5 Å². The number of aromatic nitrogens is 1. The molecule has 0 fully saturated rings. The molecular weight excluding hydrogens is 342 g/mol. The highest BCUT2D eigenvalue weighted by molar-refractivity contribution is 7.13. The minimum absolute atomic E-state index is 0.0787. The lowest BCUT2D eigenvalue weighted by Crippen LogP contribution is -2.30. The fourth-order valence-corrected chi connectivity index (χ4v) is 3.03. The highest BCUT2D eigenvalue weighted by Gasteiger charge is 2.15. The number of carboxylic acid groups (broad SMARTS) is 1. The molecule has 25 heavy (non-hydrogen) atoms. The first-order chi connectivity index (χ1) is 11.9. The van der Waals surface area contributed by atoms with E-state index >= 15 is 0 Å². The van der Waals surface area contributed by atoms with Gasteiger partial charge in [0.2, 0.25) is 5.91 Å². The van der Waals surface area contributed by atoms with Crippen LogP contribution in [0.1, 0.15) is 32.9 Å². The maximum atomic E-state index is 12.3. The van der Waals surface area contributed by atoms with E-state index in [2.05, 4.69) is 15.6 Å². The van der Waals surface area contributed by atoms with Crippen LogP contribution in [-0.4, -0.2) is 34.4 Å². The van der Waals surface area contributed by atoms with Crippen LogP contribution in [0.25, 0.3) is 0 Å². The standard InChI is InChI=1S/C17H19N3O4S/c1-3-14-19-10(2)16(25-14)17(24)20-12-6-4-11(5-7-12)8-13(21)18-9-15(22)23/h4-7H,3,8-9H2,1-2H3,(H,18,21)(H,20,24)(H,22,23). The molecule has 1 heterocycles. The minimum atomic E-state index is -1.09. The lowest BCUT2D eigenvalue weighted by Gasteiger charge is -2.06. The Hall–Kier alpha value is -2.74. The molecule has 0 aliphatic heterocycles. The van der Waals surface area contributed by atoms with Crippen LogP contribution in [-0.2, 0) is 22.4 Å². The molecule has 8 heteroatoms. The van der Waals surface area contributed by atoms with E-state index in [1.54, 1.807) is 24.3 Å². The van der Waals surface area contributed by atoms with Crippen molar-refractivity contribution in [1.82, 2.24) is 10.3 Å². The van der Waals surface area contributed by atoms with E-state index in [9.17, 15) is 14.4 Å². The quantitative estimate of drug-likeness (QED) is 0.699. The summed E-state index contributed by atoms with van der Waals surface area (Å²) in [6, 6.07) is 6.84. The Morgan fingerprint density at radius 3 is 2.44 bits per heavy atom. The first-order valence-electron chi connectivity index (χ1n) is 7.74. The van der Waals surface area contributed by atoms with Crippen molar-refractivity contribution in [3.63, 3.8) is 0 Å². The van der Waals surface area contributed by atoms with Crippen LogP contribution in [0.4, 0.5) is 5.69 Å². The number of thiazole rings is 1. The second-order valence-corrected chi connectivity index (χ2v) is 6.46. The first-order valence-corrected chi connectivity index (χ1v) is 8.55. The van der Waals surface area contributed by atoms with Crippen molar-refractivity contribution >= 4 is 34.8 Å². The molecule has 132 valence electrons. The van der Waals surface area contributed by atoms with Gasteiger partial charge in [0, 0.05) is 5.69 Å². The second kappa shape index (κ2) is 8.39. The lowest BCUT2D eigenvalue weighted by atomic mass is 10.1. The summed E-state index contributed by atoms with van der Waals surface area (Å²) in [5, 5.41) is 14.6. The van der Waals surface area contributed by atoms with E-state index in [1.165, 1.54) is 11.3 Å². The van der Waals surface area contributed by atoms with Gasteiger partial charge in [-0.1, -0.05) is 19.1 Å². The molecule has 7 nitrogen and oxygen atoms in total. The van der Waals surface area contributed by atoms with Gasteiger partial charge in [0.15, 0.2) is 0 Å². The summed E-state index contributed by atoms with van der Waals surface area (Å²) in [5.41, 5.74) is 2.06. The van der Waals surface area contributed by atoms with E-state index in [0.717, 1.165) is 17.0 Å². The number of carbonyl (C=O) groups excluding carboxylic acids is 2. The van der Waals surface area contributed by atoms with E-state index in [4.69, 9.17) is 5.11 Å². The third-order valence-electron chi connectivity index (χ3n) is 3.36. The second-order valence-electron chi connectivity index (χ2n) is 5.37. The van der Waals surface area contributed by atoms with Gasteiger partial charge in [-0.3, -0.25) is 14.4 Å². The Balaban J connectivity index is 1.95. The van der Waals surface area contributed by atoms with Gasteiger partial charge in [-0.25, -0.2) is 4.98 Å². The molecule has 0 aliphatic rings. The number of benzene rings is 1. The molecular formula is C17H19N3O4S. The zero-order chi connectivity index (χ0) is 18.4. The minimum Gasteiger partial charge on any atom is -0.480 e.